The Morgan fingerprint density at radius 1 is 1.45 bits per heavy atom. The van der Waals surface area contributed by atoms with Crippen LogP contribution in [0.15, 0.2) is 18.3 Å². The molecule has 1 saturated heterocycles. The van der Waals surface area contributed by atoms with Crippen molar-refractivity contribution < 1.29 is 4.74 Å². The molecule has 20 heavy (non-hydrogen) atoms. The van der Waals surface area contributed by atoms with E-state index in [4.69, 9.17) is 16.3 Å². The second-order valence-electron chi connectivity index (χ2n) is 5.94. The minimum atomic E-state index is -0.118. The van der Waals surface area contributed by atoms with Crippen molar-refractivity contribution in [2.24, 2.45) is 5.41 Å². The molecule has 3 rings (SSSR count). The fourth-order valence-electron chi connectivity index (χ4n) is 2.84. The third-order valence-electron chi connectivity index (χ3n) is 4.13. The molecule has 1 atom stereocenters. The first-order valence-corrected chi connectivity index (χ1v) is 7.56. The summed E-state index contributed by atoms with van der Waals surface area (Å²) in [6.07, 6.45) is 3.95. The molecule has 0 aromatic carbocycles. The molecule has 0 saturated carbocycles. The van der Waals surface area contributed by atoms with E-state index in [1.54, 1.807) is 0 Å². The standard InChI is InChI=1S/C15H20ClN3O/c1-11(16)13-18-12-4-3-7-17-14(12)19(13)10-15(2)5-8-20-9-6-15/h3-4,7,11H,5-6,8-10H2,1-2H3. The SMILES string of the molecule is CC(Cl)c1nc2cccnc2n1CC1(C)CCOCC1. The normalized spacial score (nSPS) is 20.1. The first-order valence-electron chi connectivity index (χ1n) is 7.12. The lowest BCUT2D eigenvalue weighted by atomic mass is 9.82. The number of aromatic nitrogens is 3. The van der Waals surface area contributed by atoms with Gasteiger partial charge in [0.2, 0.25) is 0 Å². The van der Waals surface area contributed by atoms with Gasteiger partial charge in [-0.3, -0.25) is 0 Å². The number of halogens is 1. The van der Waals surface area contributed by atoms with E-state index in [9.17, 15) is 0 Å². The maximum atomic E-state index is 6.31. The average molecular weight is 294 g/mol. The molecule has 0 radical (unpaired) electrons. The van der Waals surface area contributed by atoms with Gasteiger partial charge in [0, 0.05) is 26.0 Å². The molecule has 0 N–H and O–H groups in total. The summed E-state index contributed by atoms with van der Waals surface area (Å²) < 4.78 is 7.68. The fraction of sp³-hybridized carbons (Fsp3) is 0.600. The molecule has 5 heteroatoms. The van der Waals surface area contributed by atoms with Crippen molar-refractivity contribution in [1.82, 2.24) is 14.5 Å². The highest BCUT2D eigenvalue weighted by Crippen LogP contribution is 2.34. The van der Waals surface area contributed by atoms with Gasteiger partial charge in [-0.1, -0.05) is 6.92 Å². The number of nitrogens with zero attached hydrogens (tertiary/aromatic N) is 3. The van der Waals surface area contributed by atoms with Crippen LogP contribution in [-0.2, 0) is 11.3 Å². The van der Waals surface area contributed by atoms with E-state index >= 15 is 0 Å². The Hall–Kier alpha value is -1.13. The maximum absolute atomic E-state index is 6.31. The van der Waals surface area contributed by atoms with Crippen LogP contribution in [0.25, 0.3) is 11.2 Å². The molecule has 0 amide bonds. The minimum Gasteiger partial charge on any atom is -0.381 e. The van der Waals surface area contributed by atoms with Gasteiger partial charge in [-0.2, -0.15) is 0 Å². The van der Waals surface area contributed by atoms with Crippen molar-refractivity contribution in [3.05, 3.63) is 24.2 Å². The Balaban J connectivity index is 2.02. The summed E-state index contributed by atoms with van der Waals surface area (Å²) in [7, 11) is 0. The molecular formula is C15H20ClN3O. The molecular weight excluding hydrogens is 274 g/mol. The predicted molar refractivity (Wildman–Crippen MR) is 80.0 cm³/mol. The second kappa shape index (κ2) is 5.34. The third kappa shape index (κ3) is 2.54. The predicted octanol–water partition coefficient (Wildman–Crippen LogP) is 3.55. The van der Waals surface area contributed by atoms with Gasteiger partial charge < -0.3 is 9.30 Å². The van der Waals surface area contributed by atoms with Gasteiger partial charge in [0.05, 0.1) is 5.38 Å². The number of imidazole rings is 1. The summed E-state index contributed by atoms with van der Waals surface area (Å²) >= 11 is 6.31. The zero-order valence-corrected chi connectivity index (χ0v) is 12.7. The first-order chi connectivity index (χ1) is 9.59. The average Bonchev–Trinajstić information content (AvgIpc) is 2.78. The van der Waals surface area contributed by atoms with Crippen molar-refractivity contribution in [2.45, 2.75) is 38.6 Å². The number of alkyl halides is 1. The largest absolute Gasteiger partial charge is 0.381 e. The zero-order chi connectivity index (χ0) is 14.2. The molecule has 1 fully saturated rings. The zero-order valence-electron chi connectivity index (χ0n) is 12.0. The quantitative estimate of drug-likeness (QED) is 0.813. The van der Waals surface area contributed by atoms with Crippen molar-refractivity contribution >= 4 is 22.8 Å². The van der Waals surface area contributed by atoms with Crippen LogP contribution >= 0.6 is 11.6 Å². The van der Waals surface area contributed by atoms with Crippen LogP contribution in [0.4, 0.5) is 0 Å². The Bertz CT molecular complexity index is 602. The lowest BCUT2D eigenvalue weighted by molar-refractivity contribution is 0.0156. The molecule has 0 bridgehead atoms. The molecule has 1 unspecified atom stereocenters. The van der Waals surface area contributed by atoms with Crippen LogP contribution in [-0.4, -0.2) is 27.7 Å². The lowest BCUT2D eigenvalue weighted by Crippen LogP contribution is -2.31. The molecule has 108 valence electrons. The van der Waals surface area contributed by atoms with Gasteiger partial charge in [0.1, 0.15) is 11.3 Å². The van der Waals surface area contributed by atoms with Gasteiger partial charge in [-0.15, -0.1) is 11.6 Å². The fourth-order valence-corrected chi connectivity index (χ4v) is 3.01. The molecule has 0 aliphatic carbocycles. The van der Waals surface area contributed by atoms with Gasteiger partial charge in [-0.25, -0.2) is 9.97 Å². The van der Waals surface area contributed by atoms with Crippen LogP contribution < -0.4 is 0 Å². The highest BCUT2D eigenvalue weighted by atomic mass is 35.5. The Kier molecular flexibility index (Phi) is 3.69. The number of ether oxygens (including phenoxy) is 1. The lowest BCUT2D eigenvalue weighted by Gasteiger charge is -2.34. The molecule has 1 aliphatic rings. The van der Waals surface area contributed by atoms with Crippen LogP contribution in [0.1, 0.15) is 37.9 Å². The summed E-state index contributed by atoms with van der Waals surface area (Å²) in [4.78, 5) is 9.14. The second-order valence-corrected chi connectivity index (χ2v) is 6.60. The highest BCUT2D eigenvalue weighted by Gasteiger charge is 2.30. The van der Waals surface area contributed by atoms with Gasteiger partial charge in [-0.05, 0) is 37.3 Å². The Labute approximate surface area is 124 Å². The van der Waals surface area contributed by atoms with E-state index in [0.29, 0.717) is 0 Å². The van der Waals surface area contributed by atoms with Crippen molar-refractivity contribution in [3.8, 4) is 0 Å². The summed E-state index contributed by atoms with van der Waals surface area (Å²) in [6, 6.07) is 3.91. The van der Waals surface area contributed by atoms with Crippen LogP contribution in [0, 0.1) is 5.41 Å². The number of hydrogen-bond donors (Lipinski definition) is 0. The molecule has 0 spiro atoms. The summed E-state index contributed by atoms with van der Waals surface area (Å²) in [6.45, 7) is 6.85. The van der Waals surface area contributed by atoms with Crippen molar-refractivity contribution in [1.29, 1.82) is 0 Å². The van der Waals surface area contributed by atoms with E-state index in [1.807, 2.05) is 25.3 Å². The molecule has 2 aromatic rings. The third-order valence-corrected chi connectivity index (χ3v) is 4.32. The molecule has 4 nitrogen and oxygen atoms in total. The van der Waals surface area contributed by atoms with Crippen LogP contribution in [0.2, 0.25) is 0 Å². The smallest absolute Gasteiger partial charge is 0.160 e. The first kappa shape index (κ1) is 13.8. The molecule has 2 aromatic heterocycles. The van der Waals surface area contributed by atoms with Crippen molar-refractivity contribution in [3.63, 3.8) is 0 Å². The summed E-state index contributed by atoms with van der Waals surface area (Å²) in [5.41, 5.74) is 2.08. The molecule has 3 heterocycles. The van der Waals surface area contributed by atoms with Crippen molar-refractivity contribution in [2.75, 3.05) is 13.2 Å². The van der Waals surface area contributed by atoms with E-state index in [0.717, 1.165) is 49.6 Å². The molecule has 1 aliphatic heterocycles. The van der Waals surface area contributed by atoms with E-state index in [1.165, 1.54) is 0 Å². The number of rotatable bonds is 3. The summed E-state index contributed by atoms with van der Waals surface area (Å²) in [5, 5.41) is -0.118. The highest BCUT2D eigenvalue weighted by molar-refractivity contribution is 6.20. The number of fused-ring (bicyclic) bond motifs is 1. The Morgan fingerprint density at radius 2 is 2.20 bits per heavy atom. The maximum Gasteiger partial charge on any atom is 0.160 e. The van der Waals surface area contributed by atoms with Crippen LogP contribution in [0.5, 0.6) is 0 Å². The van der Waals surface area contributed by atoms with Crippen LogP contribution in [0.3, 0.4) is 0 Å². The number of hydrogen-bond acceptors (Lipinski definition) is 3. The Morgan fingerprint density at radius 3 is 2.90 bits per heavy atom. The minimum absolute atomic E-state index is 0.118. The monoisotopic (exact) mass is 293 g/mol. The number of pyridine rings is 1. The summed E-state index contributed by atoms with van der Waals surface area (Å²) in [5.74, 6) is 0.910. The van der Waals surface area contributed by atoms with Gasteiger partial charge in [0.25, 0.3) is 0 Å². The van der Waals surface area contributed by atoms with E-state index < -0.39 is 0 Å². The van der Waals surface area contributed by atoms with Gasteiger partial charge in [0.15, 0.2) is 5.65 Å². The van der Waals surface area contributed by atoms with E-state index in [-0.39, 0.29) is 10.8 Å². The topological polar surface area (TPSA) is 39.9 Å². The van der Waals surface area contributed by atoms with E-state index in [2.05, 4.69) is 21.5 Å². The van der Waals surface area contributed by atoms with Gasteiger partial charge >= 0.3 is 0 Å².